The number of guanidine groups is 1. The SMILES string of the molecule is CN=C(NCCCOCC(C)C)NCC(c1cccc(OC)c1)N(C)C. The predicted octanol–water partition coefficient (Wildman–Crippen LogP) is 2.53. The third-order valence-corrected chi connectivity index (χ3v) is 4.00. The molecule has 0 fully saturated rings. The van der Waals surface area contributed by atoms with Crippen LogP contribution in [0.5, 0.6) is 5.75 Å². The first-order valence-electron chi connectivity index (χ1n) is 9.30. The number of methoxy groups -OCH3 is 1. The van der Waals surface area contributed by atoms with Crippen molar-refractivity contribution < 1.29 is 9.47 Å². The molecule has 0 aliphatic heterocycles. The van der Waals surface area contributed by atoms with Gasteiger partial charge >= 0.3 is 0 Å². The van der Waals surface area contributed by atoms with E-state index in [0.717, 1.165) is 44.4 Å². The Labute approximate surface area is 159 Å². The lowest BCUT2D eigenvalue weighted by Crippen LogP contribution is -2.42. The predicted molar refractivity (Wildman–Crippen MR) is 109 cm³/mol. The Morgan fingerprint density at radius 1 is 1.23 bits per heavy atom. The fraction of sp³-hybridized carbons (Fsp3) is 0.650. The number of aliphatic imine (C=N–C) groups is 1. The van der Waals surface area contributed by atoms with Crippen LogP contribution in [0.2, 0.25) is 0 Å². The Kier molecular flexibility index (Phi) is 10.7. The molecule has 0 amide bonds. The molecule has 1 rings (SSSR count). The van der Waals surface area contributed by atoms with E-state index in [2.05, 4.69) is 60.6 Å². The van der Waals surface area contributed by atoms with Gasteiger partial charge in [-0.3, -0.25) is 4.99 Å². The van der Waals surface area contributed by atoms with E-state index in [-0.39, 0.29) is 6.04 Å². The molecule has 0 aromatic heterocycles. The van der Waals surface area contributed by atoms with Crippen molar-refractivity contribution in [2.45, 2.75) is 26.3 Å². The summed E-state index contributed by atoms with van der Waals surface area (Å²) in [6.45, 7) is 7.50. The van der Waals surface area contributed by atoms with Gasteiger partial charge in [-0.2, -0.15) is 0 Å². The largest absolute Gasteiger partial charge is 0.497 e. The van der Waals surface area contributed by atoms with E-state index in [4.69, 9.17) is 9.47 Å². The fourth-order valence-electron chi connectivity index (χ4n) is 2.56. The summed E-state index contributed by atoms with van der Waals surface area (Å²) < 4.78 is 10.9. The number of hydrogen-bond acceptors (Lipinski definition) is 4. The minimum Gasteiger partial charge on any atom is -0.497 e. The Balaban J connectivity index is 2.46. The lowest BCUT2D eigenvalue weighted by molar-refractivity contribution is 0.108. The molecule has 26 heavy (non-hydrogen) atoms. The molecule has 6 nitrogen and oxygen atoms in total. The van der Waals surface area contributed by atoms with Crippen LogP contribution in [0.15, 0.2) is 29.3 Å². The molecule has 1 atom stereocenters. The maximum atomic E-state index is 5.60. The van der Waals surface area contributed by atoms with E-state index in [1.807, 2.05) is 12.1 Å². The number of benzene rings is 1. The van der Waals surface area contributed by atoms with Crippen LogP contribution < -0.4 is 15.4 Å². The Hall–Kier alpha value is -1.79. The van der Waals surface area contributed by atoms with Gasteiger partial charge in [0.15, 0.2) is 5.96 Å². The standard InChI is InChI=1S/C20H36N4O2/c1-16(2)15-26-12-8-11-22-20(21-3)23-14-19(24(4)5)17-9-7-10-18(13-17)25-6/h7,9-10,13,16,19H,8,11-12,14-15H2,1-6H3,(H2,21,22,23). The van der Waals surface area contributed by atoms with E-state index in [1.54, 1.807) is 14.2 Å². The van der Waals surface area contributed by atoms with Crippen LogP contribution in [0.3, 0.4) is 0 Å². The number of nitrogens with zero attached hydrogens (tertiary/aromatic N) is 2. The Morgan fingerprint density at radius 3 is 2.62 bits per heavy atom. The molecule has 0 radical (unpaired) electrons. The summed E-state index contributed by atoms with van der Waals surface area (Å²) in [6, 6.07) is 8.41. The van der Waals surface area contributed by atoms with Crippen molar-refractivity contribution in [3.05, 3.63) is 29.8 Å². The second-order valence-corrected chi connectivity index (χ2v) is 6.96. The molecular formula is C20H36N4O2. The third kappa shape index (κ3) is 8.54. The first kappa shape index (κ1) is 22.3. The number of likely N-dealkylation sites (N-methyl/N-ethyl adjacent to an activating group) is 1. The van der Waals surface area contributed by atoms with Crippen molar-refractivity contribution in [1.82, 2.24) is 15.5 Å². The molecule has 0 saturated carbocycles. The average Bonchev–Trinajstić information content (AvgIpc) is 2.62. The fourth-order valence-corrected chi connectivity index (χ4v) is 2.56. The smallest absolute Gasteiger partial charge is 0.191 e. The molecule has 6 heteroatoms. The zero-order valence-corrected chi connectivity index (χ0v) is 17.2. The molecule has 0 bridgehead atoms. The van der Waals surface area contributed by atoms with Crippen LogP contribution in [0.25, 0.3) is 0 Å². The lowest BCUT2D eigenvalue weighted by Gasteiger charge is -2.26. The van der Waals surface area contributed by atoms with Gasteiger partial charge < -0.3 is 25.0 Å². The van der Waals surface area contributed by atoms with Gasteiger partial charge in [0.1, 0.15) is 5.75 Å². The Bertz CT molecular complexity index is 532. The van der Waals surface area contributed by atoms with Crippen molar-refractivity contribution in [1.29, 1.82) is 0 Å². The first-order chi connectivity index (χ1) is 12.5. The topological polar surface area (TPSA) is 58.1 Å². The molecule has 1 aromatic rings. The second-order valence-electron chi connectivity index (χ2n) is 6.96. The second kappa shape index (κ2) is 12.5. The molecule has 0 heterocycles. The van der Waals surface area contributed by atoms with Gasteiger partial charge in [-0.1, -0.05) is 26.0 Å². The van der Waals surface area contributed by atoms with Gasteiger partial charge in [-0.15, -0.1) is 0 Å². The number of ether oxygens (including phenoxy) is 2. The highest BCUT2D eigenvalue weighted by Crippen LogP contribution is 2.21. The van der Waals surface area contributed by atoms with Crippen molar-refractivity contribution in [3.8, 4) is 5.75 Å². The number of nitrogens with one attached hydrogen (secondary N) is 2. The van der Waals surface area contributed by atoms with Crippen LogP contribution >= 0.6 is 0 Å². The van der Waals surface area contributed by atoms with E-state index in [1.165, 1.54) is 5.56 Å². The van der Waals surface area contributed by atoms with Crippen LogP contribution in [-0.2, 0) is 4.74 Å². The summed E-state index contributed by atoms with van der Waals surface area (Å²) in [4.78, 5) is 6.49. The van der Waals surface area contributed by atoms with Gasteiger partial charge in [0.25, 0.3) is 0 Å². The van der Waals surface area contributed by atoms with Gasteiger partial charge in [0.2, 0.25) is 0 Å². The first-order valence-corrected chi connectivity index (χ1v) is 9.30. The van der Waals surface area contributed by atoms with Crippen molar-refractivity contribution in [3.63, 3.8) is 0 Å². The highest BCUT2D eigenvalue weighted by atomic mass is 16.5. The molecule has 0 saturated heterocycles. The molecule has 2 N–H and O–H groups in total. The summed E-state index contributed by atoms with van der Waals surface area (Å²) in [5.41, 5.74) is 1.21. The highest BCUT2D eigenvalue weighted by Gasteiger charge is 2.15. The summed E-state index contributed by atoms with van der Waals surface area (Å²) in [5, 5.41) is 6.75. The molecule has 0 spiro atoms. The maximum Gasteiger partial charge on any atom is 0.191 e. The van der Waals surface area contributed by atoms with Gasteiger partial charge in [0.05, 0.1) is 13.2 Å². The molecular weight excluding hydrogens is 328 g/mol. The summed E-state index contributed by atoms with van der Waals surface area (Å²) >= 11 is 0. The molecule has 1 aromatic carbocycles. The van der Waals surface area contributed by atoms with Crippen LogP contribution in [0, 0.1) is 5.92 Å². The summed E-state index contributed by atoms with van der Waals surface area (Å²) in [7, 11) is 7.64. The maximum absolute atomic E-state index is 5.60. The van der Waals surface area contributed by atoms with Gasteiger partial charge in [-0.05, 0) is 44.1 Å². The van der Waals surface area contributed by atoms with Crippen molar-refractivity contribution in [2.24, 2.45) is 10.9 Å². The van der Waals surface area contributed by atoms with Gasteiger partial charge in [-0.25, -0.2) is 0 Å². The summed E-state index contributed by atoms with van der Waals surface area (Å²) in [6.07, 6.45) is 0.959. The van der Waals surface area contributed by atoms with Crippen molar-refractivity contribution >= 4 is 5.96 Å². The zero-order valence-electron chi connectivity index (χ0n) is 17.2. The third-order valence-electron chi connectivity index (χ3n) is 4.00. The normalized spacial score (nSPS) is 13.2. The molecule has 0 aliphatic rings. The quantitative estimate of drug-likeness (QED) is 0.359. The lowest BCUT2D eigenvalue weighted by atomic mass is 10.1. The average molecular weight is 365 g/mol. The minimum atomic E-state index is 0.220. The van der Waals surface area contributed by atoms with Crippen molar-refractivity contribution in [2.75, 3.05) is 54.6 Å². The summed E-state index contributed by atoms with van der Waals surface area (Å²) in [5.74, 6) is 2.26. The van der Waals surface area contributed by atoms with E-state index in [9.17, 15) is 0 Å². The highest BCUT2D eigenvalue weighted by molar-refractivity contribution is 5.79. The zero-order chi connectivity index (χ0) is 19.4. The molecule has 148 valence electrons. The van der Waals surface area contributed by atoms with E-state index < -0.39 is 0 Å². The van der Waals surface area contributed by atoms with E-state index in [0.29, 0.717) is 5.92 Å². The number of hydrogen-bond donors (Lipinski definition) is 2. The Morgan fingerprint density at radius 2 is 2.00 bits per heavy atom. The van der Waals surface area contributed by atoms with Gasteiger partial charge in [0, 0.05) is 33.4 Å². The monoisotopic (exact) mass is 364 g/mol. The van der Waals surface area contributed by atoms with Crippen LogP contribution in [0.4, 0.5) is 0 Å². The molecule has 0 aliphatic carbocycles. The van der Waals surface area contributed by atoms with Crippen LogP contribution in [0.1, 0.15) is 31.9 Å². The number of rotatable bonds is 11. The van der Waals surface area contributed by atoms with Crippen LogP contribution in [-0.4, -0.2) is 65.4 Å². The minimum absolute atomic E-state index is 0.220. The van der Waals surface area contributed by atoms with E-state index >= 15 is 0 Å². The molecule has 1 unspecified atom stereocenters.